The molecule has 0 heterocycles. The Morgan fingerprint density at radius 2 is 1.96 bits per heavy atom. The first kappa shape index (κ1) is 19.5. The Hall–Kier alpha value is -2.56. The summed E-state index contributed by atoms with van der Waals surface area (Å²) >= 11 is 0. The highest BCUT2D eigenvalue weighted by Gasteiger charge is 2.19. The predicted octanol–water partition coefficient (Wildman–Crippen LogP) is 2.92. The third kappa shape index (κ3) is 6.28. The molecule has 0 saturated carbocycles. The van der Waals surface area contributed by atoms with Crippen LogP contribution in [0, 0.1) is 5.92 Å². The van der Waals surface area contributed by atoms with Crippen molar-refractivity contribution in [1.82, 2.24) is 4.90 Å². The first-order chi connectivity index (χ1) is 11.5. The summed E-state index contributed by atoms with van der Waals surface area (Å²) in [6, 6.07) is 7.47. The molecule has 1 aromatic carbocycles. The molecule has 130 valence electrons. The standard InChI is InChI=1S/C19H25NO4/c1-5-13-20(14-15(3)19(22)23-4)18(21)12-9-16-7-10-17(11-8-16)24-6-2/h5,7-12,15H,1,6,13-14H2,2-4H3/b12-9+. The lowest BCUT2D eigenvalue weighted by atomic mass is 10.1. The quantitative estimate of drug-likeness (QED) is 0.397. The summed E-state index contributed by atoms with van der Waals surface area (Å²) in [5, 5.41) is 0. The van der Waals surface area contributed by atoms with Gasteiger partial charge in [0.05, 0.1) is 19.6 Å². The Morgan fingerprint density at radius 1 is 1.29 bits per heavy atom. The van der Waals surface area contributed by atoms with Crippen molar-refractivity contribution in [2.45, 2.75) is 13.8 Å². The number of amides is 1. The van der Waals surface area contributed by atoms with E-state index in [0.717, 1.165) is 11.3 Å². The molecule has 1 aromatic rings. The van der Waals surface area contributed by atoms with Crippen LogP contribution in [0.4, 0.5) is 0 Å². The van der Waals surface area contributed by atoms with E-state index in [0.29, 0.717) is 13.2 Å². The number of hydrogen-bond acceptors (Lipinski definition) is 4. The van der Waals surface area contributed by atoms with Gasteiger partial charge in [0.15, 0.2) is 0 Å². The van der Waals surface area contributed by atoms with Gasteiger partial charge >= 0.3 is 5.97 Å². The van der Waals surface area contributed by atoms with Crippen LogP contribution < -0.4 is 4.74 Å². The number of nitrogens with zero attached hydrogens (tertiary/aromatic N) is 1. The summed E-state index contributed by atoms with van der Waals surface area (Å²) in [5.41, 5.74) is 0.895. The topological polar surface area (TPSA) is 55.8 Å². The van der Waals surface area contributed by atoms with Gasteiger partial charge in [0.25, 0.3) is 0 Å². The zero-order chi connectivity index (χ0) is 17.9. The van der Waals surface area contributed by atoms with Gasteiger partial charge < -0.3 is 14.4 Å². The van der Waals surface area contributed by atoms with Crippen molar-refractivity contribution >= 4 is 18.0 Å². The fraction of sp³-hybridized carbons (Fsp3) is 0.368. The average Bonchev–Trinajstić information content (AvgIpc) is 2.59. The number of esters is 1. The average molecular weight is 331 g/mol. The van der Waals surface area contributed by atoms with Gasteiger partial charge in [0.1, 0.15) is 5.75 Å². The van der Waals surface area contributed by atoms with Crippen LogP contribution >= 0.6 is 0 Å². The normalized spacial score (nSPS) is 11.8. The number of carbonyl (C=O) groups excluding carboxylic acids is 2. The lowest BCUT2D eigenvalue weighted by Crippen LogP contribution is -2.36. The van der Waals surface area contributed by atoms with Crippen LogP contribution in [0.1, 0.15) is 19.4 Å². The van der Waals surface area contributed by atoms with E-state index in [1.807, 2.05) is 31.2 Å². The first-order valence-corrected chi connectivity index (χ1v) is 7.90. The van der Waals surface area contributed by atoms with E-state index in [4.69, 9.17) is 9.47 Å². The molecule has 0 radical (unpaired) electrons. The van der Waals surface area contributed by atoms with Gasteiger partial charge in [-0.05, 0) is 30.7 Å². The summed E-state index contributed by atoms with van der Waals surface area (Å²) in [5.74, 6) is -0.120. The van der Waals surface area contributed by atoms with E-state index in [2.05, 4.69) is 6.58 Å². The van der Waals surface area contributed by atoms with Crippen LogP contribution in [0.3, 0.4) is 0 Å². The number of rotatable bonds is 9. The highest BCUT2D eigenvalue weighted by atomic mass is 16.5. The Bertz CT molecular complexity index is 578. The van der Waals surface area contributed by atoms with Crippen LogP contribution in [0.15, 0.2) is 43.0 Å². The van der Waals surface area contributed by atoms with E-state index >= 15 is 0 Å². The van der Waals surface area contributed by atoms with E-state index in [-0.39, 0.29) is 18.4 Å². The predicted molar refractivity (Wildman–Crippen MR) is 94.6 cm³/mol. The first-order valence-electron chi connectivity index (χ1n) is 7.90. The van der Waals surface area contributed by atoms with Crippen molar-refractivity contribution in [3.63, 3.8) is 0 Å². The number of carbonyl (C=O) groups is 2. The summed E-state index contributed by atoms with van der Waals surface area (Å²) in [4.78, 5) is 25.4. The van der Waals surface area contributed by atoms with Crippen LogP contribution in [0.25, 0.3) is 6.08 Å². The van der Waals surface area contributed by atoms with Gasteiger partial charge in [0.2, 0.25) is 5.91 Å². The van der Waals surface area contributed by atoms with Crippen LogP contribution in [0.2, 0.25) is 0 Å². The van der Waals surface area contributed by atoms with E-state index in [1.165, 1.54) is 13.2 Å². The molecule has 5 heteroatoms. The van der Waals surface area contributed by atoms with Crippen molar-refractivity contribution < 1.29 is 19.1 Å². The zero-order valence-corrected chi connectivity index (χ0v) is 14.5. The van der Waals surface area contributed by atoms with Gasteiger partial charge in [-0.1, -0.05) is 25.1 Å². The third-order valence-electron chi connectivity index (χ3n) is 3.37. The lowest BCUT2D eigenvalue weighted by Gasteiger charge is -2.22. The van der Waals surface area contributed by atoms with Crippen molar-refractivity contribution in [3.05, 3.63) is 48.6 Å². The van der Waals surface area contributed by atoms with Crippen molar-refractivity contribution in [3.8, 4) is 5.75 Å². The monoisotopic (exact) mass is 331 g/mol. The third-order valence-corrected chi connectivity index (χ3v) is 3.37. The molecular formula is C19H25NO4. The number of ether oxygens (including phenoxy) is 2. The smallest absolute Gasteiger partial charge is 0.310 e. The van der Waals surface area contributed by atoms with E-state index in [9.17, 15) is 9.59 Å². The zero-order valence-electron chi connectivity index (χ0n) is 14.5. The Kier molecular flexibility index (Phi) is 8.33. The summed E-state index contributed by atoms with van der Waals surface area (Å²) in [6.45, 7) is 8.57. The van der Waals surface area contributed by atoms with E-state index < -0.39 is 5.92 Å². The minimum absolute atomic E-state index is 0.181. The number of methoxy groups -OCH3 is 1. The SMILES string of the molecule is C=CCN(CC(C)C(=O)OC)C(=O)/C=C/c1ccc(OCC)cc1. The van der Waals surface area contributed by atoms with Crippen molar-refractivity contribution in [2.75, 3.05) is 26.8 Å². The Morgan fingerprint density at radius 3 is 2.50 bits per heavy atom. The van der Waals surface area contributed by atoms with Gasteiger partial charge in [-0.25, -0.2) is 0 Å². The molecule has 0 saturated heterocycles. The molecule has 1 atom stereocenters. The highest BCUT2D eigenvalue weighted by molar-refractivity contribution is 5.92. The molecule has 1 rings (SSSR count). The molecule has 5 nitrogen and oxygen atoms in total. The van der Waals surface area contributed by atoms with Crippen molar-refractivity contribution in [1.29, 1.82) is 0 Å². The molecule has 24 heavy (non-hydrogen) atoms. The van der Waals surface area contributed by atoms with Gasteiger partial charge in [0, 0.05) is 19.2 Å². The maximum atomic E-state index is 12.3. The second-order valence-electron chi connectivity index (χ2n) is 5.29. The maximum absolute atomic E-state index is 12.3. The molecule has 0 bridgehead atoms. The summed E-state index contributed by atoms with van der Waals surface area (Å²) in [6.07, 6.45) is 4.85. The van der Waals surface area contributed by atoms with E-state index in [1.54, 1.807) is 24.0 Å². The Labute approximate surface area is 143 Å². The molecule has 0 aliphatic rings. The molecule has 0 spiro atoms. The maximum Gasteiger partial charge on any atom is 0.310 e. The second kappa shape index (κ2) is 10.3. The summed E-state index contributed by atoms with van der Waals surface area (Å²) < 4.78 is 10.1. The fourth-order valence-electron chi connectivity index (χ4n) is 2.13. The highest BCUT2D eigenvalue weighted by Crippen LogP contribution is 2.13. The van der Waals surface area contributed by atoms with Crippen LogP contribution in [-0.4, -0.2) is 43.6 Å². The molecule has 0 aliphatic heterocycles. The van der Waals surface area contributed by atoms with Gasteiger partial charge in [-0.3, -0.25) is 9.59 Å². The molecule has 1 unspecified atom stereocenters. The largest absolute Gasteiger partial charge is 0.494 e. The molecule has 0 N–H and O–H groups in total. The Balaban J connectivity index is 2.72. The van der Waals surface area contributed by atoms with Gasteiger partial charge in [-0.15, -0.1) is 6.58 Å². The molecule has 0 aromatic heterocycles. The lowest BCUT2D eigenvalue weighted by molar-refractivity contribution is -0.145. The molecular weight excluding hydrogens is 306 g/mol. The van der Waals surface area contributed by atoms with Gasteiger partial charge in [-0.2, -0.15) is 0 Å². The van der Waals surface area contributed by atoms with Crippen molar-refractivity contribution in [2.24, 2.45) is 5.92 Å². The number of benzene rings is 1. The minimum atomic E-state index is -0.391. The fourth-order valence-corrected chi connectivity index (χ4v) is 2.13. The molecule has 0 fully saturated rings. The van der Waals surface area contributed by atoms with Crippen LogP contribution in [-0.2, 0) is 14.3 Å². The second-order valence-corrected chi connectivity index (χ2v) is 5.29. The number of hydrogen-bond donors (Lipinski definition) is 0. The summed E-state index contributed by atoms with van der Waals surface area (Å²) in [7, 11) is 1.34. The van der Waals surface area contributed by atoms with Crippen LogP contribution in [0.5, 0.6) is 5.75 Å². The molecule has 0 aliphatic carbocycles. The minimum Gasteiger partial charge on any atom is -0.494 e. The molecule has 1 amide bonds.